The first-order valence-corrected chi connectivity index (χ1v) is 10.2. The Hall–Kier alpha value is -3.66. The van der Waals surface area contributed by atoms with Crippen molar-refractivity contribution < 1.29 is 24.0 Å². The van der Waals surface area contributed by atoms with E-state index in [-0.39, 0.29) is 23.6 Å². The van der Waals surface area contributed by atoms with E-state index in [0.717, 1.165) is 31.9 Å². The zero-order valence-electron chi connectivity index (χ0n) is 18.3. The van der Waals surface area contributed by atoms with E-state index in [9.17, 15) is 19.7 Å². The monoisotopic (exact) mass is 442 g/mol. The molecular formula is C22H26N4O6. The van der Waals surface area contributed by atoms with E-state index in [2.05, 4.69) is 15.1 Å². The molecule has 2 aromatic carbocycles. The molecule has 32 heavy (non-hydrogen) atoms. The predicted molar refractivity (Wildman–Crippen MR) is 120 cm³/mol. The standard InChI is InChI=1S/C22H26N4O6/c1-4-32-20-8-6-15(14-19(20)26(29)30)21(27)23-17-13-16(22(28)31-3)5-7-18(17)25-11-9-24(2)10-12-25/h5-8,13-14H,4,9-12H2,1-3H3,(H,23,27). The maximum Gasteiger partial charge on any atom is 0.337 e. The van der Waals surface area contributed by atoms with Crippen LogP contribution >= 0.6 is 0 Å². The Kier molecular flexibility index (Phi) is 7.26. The molecule has 3 rings (SSSR count). The highest BCUT2D eigenvalue weighted by atomic mass is 16.6. The Balaban J connectivity index is 1.93. The van der Waals surface area contributed by atoms with E-state index in [1.54, 1.807) is 25.1 Å². The quantitative estimate of drug-likeness (QED) is 0.396. The minimum Gasteiger partial charge on any atom is -0.487 e. The zero-order chi connectivity index (χ0) is 23.3. The Morgan fingerprint density at radius 1 is 1.09 bits per heavy atom. The lowest BCUT2D eigenvalue weighted by molar-refractivity contribution is -0.385. The minimum absolute atomic E-state index is 0.0971. The number of nitrogens with one attached hydrogen (secondary N) is 1. The van der Waals surface area contributed by atoms with Gasteiger partial charge in [-0.05, 0) is 44.3 Å². The van der Waals surface area contributed by atoms with Gasteiger partial charge in [-0.15, -0.1) is 0 Å². The molecule has 0 unspecified atom stereocenters. The molecule has 0 aliphatic carbocycles. The lowest BCUT2D eigenvalue weighted by Gasteiger charge is -2.35. The second kappa shape index (κ2) is 10.1. The number of methoxy groups -OCH3 is 1. The number of rotatable bonds is 7. The van der Waals surface area contributed by atoms with Crippen LogP contribution in [0.4, 0.5) is 17.1 Å². The molecule has 170 valence electrons. The minimum atomic E-state index is -0.588. The van der Waals surface area contributed by atoms with E-state index in [1.807, 2.05) is 7.05 Å². The summed E-state index contributed by atoms with van der Waals surface area (Å²) in [6.07, 6.45) is 0. The molecule has 1 fully saturated rings. The van der Waals surface area contributed by atoms with Crippen LogP contribution in [0.1, 0.15) is 27.6 Å². The molecule has 0 bridgehead atoms. The molecule has 10 nitrogen and oxygen atoms in total. The van der Waals surface area contributed by atoms with Crippen LogP contribution in [0.25, 0.3) is 0 Å². The van der Waals surface area contributed by atoms with Crippen molar-refractivity contribution in [2.24, 2.45) is 0 Å². The second-order valence-corrected chi connectivity index (χ2v) is 7.34. The van der Waals surface area contributed by atoms with Gasteiger partial charge in [0.1, 0.15) is 0 Å². The van der Waals surface area contributed by atoms with E-state index in [4.69, 9.17) is 9.47 Å². The topological polar surface area (TPSA) is 114 Å². The third-order valence-corrected chi connectivity index (χ3v) is 5.23. The number of benzene rings is 2. The molecule has 1 aliphatic heterocycles. The van der Waals surface area contributed by atoms with Gasteiger partial charge in [0.25, 0.3) is 5.91 Å². The van der Waals surface area contributed by atoms with Gasteiger partial charge in [-0.3, -0.25) is 14.9 Å². The molecule has 1 aliphatic rings. The summed E-state index contributed by atoms with van der Waals surface area (Å²) in [5.74, 6) is -0.962. The van der Waals surface area contributed by atoms with Gasteiger partial charge in [0.15, 0.2) is 5.75 Å². The van der Waals surface area contributed by atoms with E-state index < -0.39 is 16.8 Å². The molecule has 0 radical (unpaired) electrons. The number of esters is 1. The number of nitro groups is 1. The molecule has 2 aromatic rings. The van der Waals surface area contributed by atoms with Gasteiger partial charge in [-0.2, -0.15) is 0 Å². The average molecular weight is 442 g/mol. The largest absolute Gasteiger partial charge is 0.487 e. The van der Waals surface area contributed by atoms with Gasteiger partial charge in [-0.1, -0.05) is 0 Å². The van der Waals surface area contributed by atoms with Crippen molar-refractivity contribution in [1.82, 2.24) is 4.90 Å². The third kappa shape index (κ3) is 5.14. The van der Waals surface area contributed by atoms with Crippen LogP contribution < -0.4 is 15.0 Å². The summed E-state index contributed by atoms with van der Waals surface area (Å²) in [5.41, 5.74) is 1.30. The summed E-state index contributed by atoms with van der Waals surface area (Å²) < 4.78 is 10.1. The number of hydrogen-bond donors (Lipinski definition) is 1. The lowest BCUT2D eigenvalue weighted by atomic mass is 10.1. The number of hydrogen-bond acceptors (Lipinski definition) is 8. The highest BCUT2D eigenvalue weighted by Crippen LogP contribution is 2.31. The number of ether oxygens (including phenoxy) is 2. The van der Waals surface area contributed by atoms with Crippen molar-refractivity contribution in [2.45, 2.75) is 6.92 Å². The molecule has 1 saturated heterocycles. The zero-order valence-corrected chi connectivity index (χ0v) is 18.3. The van der Waals surface area contributed by atoms with Gasteiger partial charge in [0, 0.05) is 37.8 Å². The van der Waals surface area contributed by atoms with Gasteiger partial charge in [0.2, 0.25) is 0 Å². The number of carbonyl (C=O) groups is 2. The van der Waals surface area contributed by atoms with Crippen molar-refractivity contribution in [1.29, 1.82) is 0 Å². The van der Waals surface area contributed by atoms with Crippen molar-refractivity contribution in [3.8, 4) is 5.75 Å². The number of likely N-dealkylation sites (N-methyl/N-ethyl adjacent to an activating group) is 1. The van der Waals surface area contributed by atoms with Gasteiger partial charge < -0.3 is 24.6 Å². The number of anilines is 2. The first kappa shape index (κ1) is 23.0. The fourth-order valence-electron chi connectivity index (χ4n) is 3.48. The molecule has 0 saturated carbocycles. The Morgan fingerprint density at radius 3 is 2.41 bits per heavy atom. The number of piperazine rings is 1. The second-order valence-electron chi connectivity index (χ2n) is 7.34. The summed E-state index contributed by atoms with van der Waals surface area (Å²) in [6, 6.07) is 9.03. The highest BCUT2D eigenvalue weighted by Gasteiger charge is 2.22. The highest BCUT2D eigenvalue weighted by molar-refractivity contribution is 6.07. The third-order valence-electron chi connectivity index (χ3n) is 5.23. The van der Waals surface area contributed by atoms with E-state index in [1.165, 1.54) is 25.3 Å². The normalized spacial score (nSPS) is 14.0. The lowest BCUT2D eigenvalue weighted by Crippen LogP contribution is -2.44. The Labute approximate surface area is 185 Å². The summed E-state index contributed by atoms with van der Waals surface area (Å²) >= 11 is 0. The van der Waals surface area contributed by atoms with E-state index in [0.29, 0.717) is 11.3 Å². The molecule has 0 atom stereocenters. The first-order valence-electron chi connectivity index (χ1n) is 10.2. The van der Waals surface area contributed by atoms with Crippen LogP contribution in [0.15, 0.2) is 36.4 Å². The molecular weight excluding hydrogens is 416 g/mol. The van der Waals surface area contributed by atoms with Crippen LogP contribution in [-0.4, -0.2) is 68.6 Å². The molecule has 10 heteroatoms. The predicted octanol–water partition coefficient (Wildman–Crippen LogP) is 2.78. The average Bonchev–Trinajstić information content (AvgIpc) is 2.79. The van der Waals surface area contributed by atoms with Crippen LogP contribution in [0.5, 0.6) is 5.75 Å². The summed E-state index contributed by atoms with van der Waals surface area (Å²) in [4.78, 5) is 40.1. The fourth-order valence-corrected chi connectivity index (χ4v) is 3.48. The molecule has 1 heterocycles. The fraction of sp³-hybridized carbons (Fsp3) is 0.364. The Morgan fingerprint density at radius 2 is 1.78 bits per heavy atom. The van der Waals surface area contributed by atoms with Crippen LogP contribution in [0, 0.1) is 10.1 Å². The molecule has 0 aromatic heterocycles. The molecule has 1 N–H and O–H groups in total. The van der Waals surface area contributed by atoms with E-state index >= 15 is 0 Å². The number of carbonyl (C=O) groups excluding carboxylic acids is 2. The molecule has 0 spiro atoms. The van der Waals surface area contributed by atoms with Crippen molar-refractivity contribution in [2.75, 3.05) is 57.2 Å². The summed E-state index contributed by atoms with van der Waals surface area (Å²) in [6.45, 7) is 5.21. The van der Waals surface area contributed by atoms with Gasteiger partial charge in [0.05, 0.1) is 35.6 Å². The summed E-state index contributed by atoms with van der Waals surface area (Å²) in [7, 11) is 3.33. The maximum atomic E-state index is 13.0. The number of nitrogens with zero attached hydrogens (tertiary/aromatic N) is 3. The maximum absolute atomic E-state index is 13.0. The summed E-state index contributed by atoms with van der Waals surface area (Å²) in [5, 5.41) is 14.2. The number of nitro benzene ring substituents is 1. The van der Waals surface area contributed by atoms with Gasteiger partial charge in [-0.25, -0.2) is 4.79 Å². The Bertz CT molecular complexity index is 1020. The van der Waals surface area contributed by atoms with Crippen molar-refractivity contribution in [3.63, 3.8) is 0 Å². The number of amides is 1. The SMILES string of the molecule is CCOc1ccc(C(=O)Nc2cc(C(=O)OC)ccc2N2CCN(C)CC2)cc1[N+](=O)[O-]. The van der Waals surface area contributed by atoms with Crippen LogP contribution in [-0.2, 0) is 4.74 Å². The molecule has 1 amide bonds. The van der Waals surface area contributed by atoms with Crippen molar-refractivity contribution in [3.05, 3.63) is 57.6 Å². The van der Waals surface area contributed by atoms with Crippen LogP contribution in [0.3, 0.4) is 0 Å². The first-order chi connectivity index (χ1) is 15.3. The van der Waals surface area contributed by atoms with Gasteiger partial charge >= 0.3 is 11.7 Å². The van der Waals surface area contributed by atoms with Crippen LogP contribution in [0.2, 0.25) is 0 Å². The van der Waals surface area contributed by atoms with Crippen molar-refractivity contribution >= 4 is 28.9 Å². The smallest absolute Gasteiger partial charge is 0.337 e.